The van der Waals surface area contributed by atoms with E-state index in [9.17, 15) is 13.2 Å². The van der Waals surface area contributed by atoms with E-state index in [1.165, 1.54) is 22.6 Å². The lowest BCUT2D eigenvalue weighted by Gasteiger charge is -2.38. The number of thiophene rings is 1. The molecule has 2 atom stereocenters. The van der Waals surface area contributed by atoms with Crippen LogP contribution in [0.25, 0.3) is 0 Å². The second-order valence-electron chi connectivity index (χ2n) is 7.10. The highest BCUT2D eigenvalue weighted by atomic mass is 35.5. The predicted octanol–water partition coefficient (Wildman–Crippen LogP) is 3.51. The Morgan fingerprint density at radius 3 is 2.79 bits per heavy atom. The number of carbonyl (C=O) groups is 1. The number of benzene rings is 1. The lowest BCUT2D eigenvalue weighted by molar-refractivity contribution is 0.0931. The molecule has 2 heterocycles. The van der Waals surface area contributed by atoms with Crippen molar-refractivity contribution in [1.29, 1.82) is 0 Å². The van der Waals surface area contributed by atoms with Gasteiger partial charge in [0, 0.05) is 35.1 Å². The Balaban J connectivity index is 1.65. The van der Waals surface area contributed by atoms with E-state index in [1.807, 2.05) is 0 Å². The van der Waals surface area contributed by atoms with Crippen molar-refractivity contribution in [1.82, 2.24) is 10.2 Å². The Hall–Kier alpha value is -1.61. The first-order chi connectivity index (χ1) is 13.2. The van der Waals surface area contributed by atoms with Gasteiger partial charge in [0.25, 0.3) is 5.91 Å². The SMILES string of the molecule is C[C@@H]1Cc2ccsc2[C@H](C)N1CCNC(=O)c1ccc(Cl)cc1NS(C)(=O)=O. The molecule has 1 aromatic heterocycles. The molecule has 2 aromatic rings. The standard InChI is InChI=1S/C19H24ClN3O3S2/c1-12-10-14-6-9-27-18(14)13(2)23(12)8-7-21-19(24)16-5-4-15(20)11-17(16)22-28(3,25)26/h4-6,9,11-13,22H,7-8,10H2,1-3H3,(H,21,24)/t12-,13+/m1/s1. The van der Waals surface area contributed by atoms with E-state index in [-0.39, 0.29) is 17.2 Å². The monoisotopic (exact) mass is 441 g/mol. The Labute approximate surface area is 174 Å². The zero-order valence-electron chi connectivity index (χ0n) is 16.0. The highest BCUT2D eigenvalue weighted by Gasteiger charge is 2.29. The molecule has 1 amide bonds. The van der Waals surface area contributed by atoms with Gasteiger partial charge >= 0.3 is 0 Å². The largest absolute Gasteiger partial charge is 0.351 e. The first-order valence-electron chi connectivity index (χ1n) is 9.03. The van der Waals surface area contributed by atoms with Crippen LogP contribution in [0.5, 0.6) is 0 Å². The third-order valence-electron chi connectivity index (χ3n) is 4.92. The fourth-order valence-corrected chi connectivity index (χ4v) is 5.41. The van der Waals surface area contributed by atoms with Crippen LogP contribution in [0.2, 0.25) is 5.02 Å². The van der Waals surface area contributed by atoms with Crippen LogP contribution in [0.15, 0.2) is 29.6 Å². The highest BCUT2D eigenvalue weighted by Crippen LogP contribution is 2.35. The Bertz CT molecular complexity index is 975. The van der Waals surface area contributed by atoms with Crippen LogP contribution >= 0.6 is 22.9 Å². The number of fused-ring (bicyclic) bond motifs is 1. The zero-order valence-corrected chi connectivity index (χ0v) is 18.4. The summed E-state index contributed by atoms with van der Waals surface area (Å²) in [6.45, 7) is 5.58. The number of amides is 1. The van der Waals surface area contributed by atoms with E-state index in [0.717, 1.165) is 12.7 Å². The normalized spacial score (nSPS) is 19.9. The highest BCUT2D eigenvalue weighted by molar-refractivity contribution is 7.92. The molecule has 0 radical (unpaired) electrons. The van der Waals surface area contributed by atoms with E-state index in [0.29, 0.717) is 30.2 Å². The number of halogens is 1. The molecule has 3 rings (SSSR count). The molecule has 1 aromatic carbocycles. The molecule has 0 bridgehead atoms. The summed E-state index contributed by atoms with van der Waals surface area (Å²) in [6.07, 6.45) is 2.05. The minimum Gasteiger partial charge on any atom is -0.351 e. The molecular weight excluding hydrogens is 418 g/mol. The fourth-order valence-electron chi connectivity index (χ4n) is 3.66. The topological polar surface area (TPSA) is 78.5 Å². The summed E-state index contributed by atoms with van der Waals surface area (Å²) in [6, 6.07) is 7.43. The van der Waals surface area contributed by atoms with Gasteiger partial charge < -0.3 is 5.32 Å². The molecule has 1 aliphatic heterocycles. The predicted molar refractivity (Wildman–Crippen MR) is 115 cm³/mol. The first-order valence-corrected chi connectivity index (χ1v) is 12.2. The maximum absolute atomic E-state index is 12.6. The van der Waals surface area contributed by atoms with Gasteiger partial charge in [-0.25, -0.2) is 8.42 Å². The van der Waals surface area contributed by atoms with Gasteiger partial charge in [0.1, 0.15) is 0 Å². The van der Waals surface area contributed by atoms with Crippen molar-refractivity contribution in [2.75, 3.05) is 24.1 Å². The third kappa shape index (κ3) is 4.86. The third-order valence-corrected chi connectivity index (χ3v) is 6.87. The minimum atomic E-state index is -3.52. The smallest absolute Gasteiger partial charge is 0.253 e. The van der Waals surface area contributed by atoms with Gasteiger partial charge in [-0.1, -0.05) is 11.6 Å². The van der Waals surface area contributed by atoms with E-state index < -0.39 is 10.0 Å². The average molecular weight is 442 g/mol. The number of nitrogens with one attached hydrogen (secondary N) is 2. The first kappa shape index (κ1) is 21.1. The summed E-state index contributed by atoms with van der Waals surface area (Å²) in [5.41, 5.74) is 1.84. The molecule has 0 unspecified atom stereocenters. The second-order valence-corrected chi connectivity index (χ2v) is 10.2. The molecule has 0 fully saturated rings. The Morgan fingerprint density at radius 1 is 1.32 bits per heavy atom. The summed E-state index contributed by atoms with van der Waals surface area (Å²) in [7, 11) is -3.52. The molecule has 0 saturated heterocycles. The molecule has 0 aliphatic carbocycles. The number of hydrogen-bond acceptors (Lipinski definition) is 5. The van der Waals surface area contributed by atoms with Gasteiger partial charge in [0.2, 0.25) is 10.0 Å². The van der Waals surface area contributed by atoms with Gasteiger partial charge in [0.05, 0.1) is 17.5 Å². The quantitative estimate of drug-likeness (QED) is 0.719. The van der Waals surface area contributed by atoms with Crippen molar-refractivity contribution < 1.29 is 13.2 Å². The average Bonchev–Trinajstić information content (AvgIpc) is 3.04. The molecule has 9 heteroatoms. The number of hydrogen-bond donors (Lipinski definition) is 2. The van der Waals surface area contributed by atoms with E-state index in [2.05, 4.69) is 40.2 Å². The molecule has 0 saturated carbocycles. The van der Waals surface area contributed by atoms with Gasteiger partial charge in [-0.15, -0.1) is 11.3 Å². The number of carbonyl (C=O) groups excluding carboxylic acids is 1. The Morgan fingerprint density at radius 2 is 2.07 bits per heavy atom. The van der Waals surface area contributed by atoms with Crippen molar-refractivity contribution >= 4 is 44.6 Å². The Kier molecular flexibility index (Phi) is 6.34. The van der Waals surface area contributed by atoms with Crippen molar-refractivity contribution in [3.63, 3.8) is 0 Å². The van der Waals surface area contributed by atoms with Crippen LogP contribution in [0.1, 0.15) is 40.7 Å². The van der Waals surface area contributed by atoms with Crippen LogP contribution in [-0.2, 0) is 16.4 Å². The van der Waals surface area contributed by atoms with E-state index in [4.69, 9.17) is 11.6 Å². The van der Waals surface area contributed by atoms with Gasteiger partial charge in [-0.2, -0.15) is 0 Å². The number of nitrogens with zero attached hydrogens (tertiary/aromatic N) is 1. The second kappa shape index (κ2) is 8.41. The van der Waals surface area contributed by atoms with Crippen LogP contribution in [0.4, 0.5) is 5.69 Å². The van der Waals surface area contributed by atoms with Gasteiger partial charge in [-0.05, 0) is 55.5 Å². The van der Waals surface area contributed by atoms with Crippen molar-refractivity contribution in [2.45, 2.75) is 32.4 Å². The van der Waals surface area contributed by atoms with Crippen molar-refractivity contribution in [2.24, 2.45) is 0 Å². The molecule has 2 N–H and O–H groups in total. The summed E-state index contributed by atoms with van der Waals surface area (Å²) in [5.74, 6) is -0.336. The van der Waals surface area contributed by atoms with Crippen molar-refractivity contribution in [3.8, 4) is 0 Å². The van der Waals surface area contributed by atoms with Gasteiger partial charge in [-0.3, -0.25) is 14.4 Å². The van der Waals surface area contributed by atoms with Crippen LogP contribution in [0, 0.1) is 0 Å². The summed E-state index contributed by atoms with van der Waals surface area (Å²) in [4.78, 5) is 16.4. The van der Waals surface area contributed by atoms with E-state index in [1.54, 1.807) is 17.4 Å². The van der Waals surface area contributed by atoms with Crippen molar-refractivity contribution in [3.05, 3.63) is 50.7 Å². The molecule has 1 aliphatic rings. The zero-order chi connectivity index (χ0) is 20.5. The van der Waals surface area contributed by atoms with Gasteiger partial charge in [0.15, 0.2) is 0 Å². The maximum Gasteiger partial charge on any atom is 0.253 e. The molecular formula is C19H24ClN3O3S2. The number of sulfonamides is 1. The summed E-state index contributed by atoms with van der Waals surface area (Å²) < 4.78 is 25.5. The van der Waals surface area contributed by atoms with Crippen LogP contribution in [0.3, 0.4) is 0 Å². The molecule has 6 nitrogen and oxygen atoms in total. The number of rotatable bonds is 6. The molecule has 152 valence electrons. The lowest BCUT2D eigenvalue weighted by Crippen LogP contribution is -2.44. The molecule has 0 spiro atoms. The summed E-state index contributed by atoms with van der Waals surface area (Å²) in [5, 5.41) is 5.38. The maximum atomic E-state index is 12.6. The summed E-state index contributed by atoms with van der Waals surface area (Å²) >= 11 is 7.73. The minimum absolute atomic E-state index is 0.176. The van der Waals surface area contributed by atoms with E-state index >= 15 is 0 Å². The number of anilines is 1. The van der Waals surface area contributed by atoms with Crippen LogP contribution in [-0.4, -0.2) is 44.6 Å². The molecule has 28 heavy (non-hydrogen) atoms. The fraction of sp³-hybridized carbons (Fsp3) is 0.421. The lowest BCUT2D eigenvalue weighted by atomic mass is 9.97. The van der Waals surface area contributed by atoms with Crippen LogP contribution < -0.4 is 10.0 Å².